The van der Waals surface area contributed by atoms with Gasteiger partial charge in [0, 0.05) is 12.0 Å². The first-order chi connectivity index (χ1) is 9.61. The smallest absolute Gasteiger partial charge is 0.223 e. The molecule has 1 aromatic rings. The van der Waals surface area contributed by atoms with Gasteiger partial charge in [-0.1, -0.05) is 30.7 Å². The van der Waals surface area contributed by atoms with Crippen LogP contribution in [0.15, 0.2) is 24.3 Å². The molecule has 1 aliphatic rings. The molecular formula is C17H26N2O. The van der Waals surface area contributed by atoms with Gasteiger partial charge in [0.15, 0.2) is 0 Å². The van der Waals surface area contributed by atoms with Crippen LogP contribution in [0.25, 0.3) is 0 Å². The van der Waals surface area contributed by atoms with Crippen LogP contribution in [0.3, 0.4) is 0 Å². The molecule has 0 aromatic heterocycles. The highest BCUT2D eigenvalue weighted by Gasteiger charge is 2.32. The van der Waals surface area contributed by atoms with Crippen LogP contribution in [0.2, 0.25) is 0 Å². The van der Waals surface area contributed by atoms with Crippen molar-refractivity contribution in [2.45, 2.75) is 45.6 Å². The highest BCUT2D eigenvalue weighted by molar-refractivity contribution is 5.79. The van der Waals surface area contributed by atoms with Crippen LogP contribution in [0.5, 0.6) is 0 Å². The van der Waals surface area contributed by atoms with Crippen molar-refractivity contribution in [2.24, 2.45) is 17.6 Å². The second kappa shape index (κ2) is 6.89. The Bertz CT molecular complexity index is 458. The lowest BCUT2D eigenvalue weighted by molar-refractivity contribution is -0.126. The van der Waals surface area contributed by atoms with E-state index in [1.807, 2.05) is 6.07 Å². The molecule has 1 aromatic carbocycles. The third-order valence-corrected chi connectivity index (χ3v) is 4.47. The molecule has 0 aliphatic heterocycles. The van der Waals surface area contributed by atoms with Crippen LogP contribution in [0, 0.1) is 18.8 Å². The average Bonchev–Trinajstić information content (AvgIpc) is 2.89. The molecule has 0 saturated heterocycles. The van der Waals surface area contributed by atoms with E-state index >= 15 is 0 Å². The molecule has 0 bridgehead atoms. The van der Waals surface area contributed by atoms with Crippen molar-refractivity contribution in [3.05, 3.63) is 35.4 Å². The lowest BCUT2D eigenvalue weighted by Gasteiger charge is -2.21. The molecule has 1 fully saturated rings. The number of hydrogen-bond acceptors (Lipinski definition) is 2. The van der Waals surface area contributed by atoms with E-state index in [-0.39, 0.29) is 17.9 Å². The molecule has 0 radical (unpaired) electrons. The quantitative estimate of drug-likeness (QED) is 0.866. The Hall–Kier alpha value is -1.35. The van der Waals surface area contributed by atoms with Gasteiger partial charge in [-0.3, -0.25) is 4.79 Å². The summed E-state index contributed by atoms with van der Waals surface area (Å²) in [5.41, 5.74) is 8.35. The predicted octanol–water partition coefficient (Wildman–Crippen LogP) is 2.42. The summed E-state index contributed by atoms with van der Waals surface area (Å²) in [4.78, 5) is 12.3. The Morgan fingerprint density at radius 2 is 2.15 bits per heavy atom. The number of amides is 1. The molecule has 0 spiro atoms. The second-order valence-corrected chi connectivity index (χ2v) is 6.07. The zero-order valence-corrected chi connectivity index (χ0v) is 12.6. The minimum absolute atomic E-state index is 0.124. The van der Waals surface area contributed by atoms with Gasteiger partial charge >= 0.3 is 0 Å². The Balaban J connectivity index is 1.89. The first-order valence-corrected chi connectivity index (χ1v) is 7.66. The summed E-state index contributed by atoms with van der Waals surface area (Å²) in [6.07, 6.45) is 4.11. The van der Waals surface area contributed by atoms with Crippen molar-refractivity contribution in [3.63, 3.8) is 0 Å². The Labute approximate surface area is 121 Å². The van der Waals surface area contributed by atoms with Crippen LogP contribution in [-0.4, -0.2) is 18.5 Å². The molecular weight excluding hydrogens is 248 g/mol. The van der Waals surface area contributed by atoms with Crippen LogP contribution in [0.1, 0.15) is 37.3 Å². The summed E-state index contributed by atoms with van der Waals surface area (Å²) >= 11 is 0. The van der Waals surface area contributed by atoms with Gasteiger partial charge in [0.05, 0.1) is 0 Å². The number of carbonyl (C=O) groups excluding carboxylic acids is 1. The second-order valence-electron chi connectivity index (χ2n) is 6.07. The standard InChI is InChI=1S/C17H26N2O/c1-12-6-3-4-7-14(12)10-13(2)19-17(20)16-9-5-8-15(16)11-18/h3-4,6-7,13,15-16H,5,8-11,18H2,1-2H3,(H,19,20)/t13?,15-,16-/m1/s1. The Morgan fingerprint density at radius 3 is 2.85 bits per heavy atom. The number of aryl methyl sites for hydroxylation is 1. The van der Waals surface area contributed by atoms with Gasteiger partial charge in [-0.25, -0.2) is 0 Å². The first kappa shape index (κ1) is 15.0. The molecule has 3 N–H and O–H groups in total. The Morgan fingerprint density at radius 1 is 1.40 bits per heavy atom. The number of nitrogens with two attached hydrogens (primary N) is 1. The third-order valence-electron chi connectivity index (χ3n) is 4.47. The number of nitrogens with one attached hydrogen (secondary N) is 1. The number of hydrogen-bond donors (Lipinski definition) is 2. The van der Waals surface area contributed by atoms with E-state index < -0.39 is 0 Å². The molecule has 1 unspecified atom stereocenters. The normalized spacial score (nSPS) is 23.6. The molecule has 0 heterocycles. The van der Waals surface area contributed by atoms with Gasteiger partial charge in [-0.2, -0.15) is 0 Å². The van der Waals surface area contributed by atoms with E-state index in [0.717, 1.165) is 25.7 Å². The zero-order valence-electron chi connectivity index (χ0n) is 12.6. The lowest BCUT2D eigenvalue weighted by Crippen LogP contribution is -2.40. The summed E-state index contributed by atoms with van der Waals surface area (Å²) in [6.45, 7) is 4.83. The van der Waals surface area contributed by atoms with Crippen molar-refractivity contribution in [2.75, 3.05) is 6.54 Å². The van der Waals surface area contributed by atoms with E-state index in [1.165, 1.54) is 11.1 Å². The maximum Gasteiger partial charge on any atom is 0.223 e. The highest BCUT2D eigenvalue weighted by atomic mass is 16.1. The number of carbonyl (C=O) groups is 1. The summed E-state index contributed by atoms with van der Waals surface area (Å²) in [6, 6.07) is 8.52. The molecule has 3 atom stereocenters. The van der Waals surface area contributed by atoms with Crippen molar-refractivity contribution < 1.29 is 4.79 Å². The van der Waals surface area contributed by atoms with Crippen LogP contribution in [-0.2, 0) is 11.2 Å². The lowest BCUT2D eigenvalue weighted by atomic mass is 9.94. The van der Waals surface area contributed by atoms with Gasteiger partial charge in [0.25, 0.3) is 0 Å². The third kappa shape index (κ3) is 3.60. The molecule has 3 nitrogen and oxygen atoms in total. The molecule has 1 saturated carbocycles. The number of benzene rings is 1. The minimum atomic E-state index is 0.124. The van der Waals surface area contributed by atoms with Crippen molar-refractivity contribution >= 4 is 5.91 Å². The molecule has 1 amide bonds. The van der Waals surface area contributed by atoms with Crippen LogP contribution < -0.4 is 11.1 Å². The zero-order chi connectivity index (χ0) is 14.5. The monoisotopic (exact) mass is 274 g/mol. The fourth-order valence-electron chi connectivity index (χ4n) is 3.23. The SMILES string of the molecule is Cc1ccccc1CC(C)NC(=O)[C@@H]1CCC[C@@H]1CN. The van der Waals surface area contributed by atoms with Crippen molar-refractivity contribution in [3.8, 4) is 0 Å². The average molecular weight is 274 g/mol. The minimum Gasteiger partial charge on any atom is -0.353 e. The van der Waals surface area contributed by atoms with E-state index in [1.54, 1.807) is 0 Å². The first-order valence-electron chi connectivity index (χ1n) is 7.66. The summed E-state index contributed by atoms with van der Waals surface area (Å²) < 4.78 is 0. The van der Waals surface area contributed by atoms with E-state index in [9.17, 15) is 4.79 Å². The van der Waals surface area contributed by atoms with Crippen LogP contribution in [0.4, 0.5) is 0 Å². The summed E-state index contributed by atoms with van der Waals surface area (Å²) in [5, 5.41) is 3.17. The van der Waals surface area contributed by atoms with E-state index in [0.29, 0.717) is 12.5 Å². The van der Waals surface area contributed by atoms with Gasteiger partial charge in [-0.05, 0) is 56.7 Å². The predicted molar refractivity (Wildman–Crippen MR) is 82.4 cm³/mol. The fourth-order valence-corrected chi connectivity index (χ4v) is 3.23. The van der Waals surface area contributed by atoms with Gasteiger partial charge in [0.1, 0.15) is 0 Å². The molecule has 2 rings (SSSR count). The van der Waals surface area contributed by atoms with E-state index in [4.69, 9.17) is 5.73 Å². The van der Waals surface area contributed by atoms with Crippen molar-refractivity contribution in [1.29, 1.82) is 0 Å². The van der Waals surface area contributed by atoms with Gasteiger partial charge < -0.3 is 11.1 Å². The number of rotatable bonds is 5. The molecule has 3 heteroatoms. The van der Waals surface area contributed by atoms with Crippen molar-refractivity contribution in [1.82, 2.24) is 5.32 Å². The molecule has 20 heavy (non-hydrogen) atoms. The summed E-state index contributed by atoms with van der Waals surface area (Å²) in [7, 11) is 0. The molecule has 1 aliphatic carbocycles. The summed E-state index contributed by atoms with van der Waals surface area (Å²) in [5.74, 6) is 0.694. The van der Waals surface area contributed by atoms with Crippen LogP contribution >= 0.6 is 0 Å². The van der Waals surface area contributed by atoms with Gasteiger partial charge in [0.2, 0.25) is 5.91 Å². The maximum atomic E-state index is 12.3. The fraction of sp³-hybridized carbons (Fsp3) is 0.588. The van der Waals surface area contributed by atoms with E-state index in [2.05, 4.69) is 37.4 Å². The highest BCUT2D eigenvalue weighted by Crippen LogP contribution is 2.31. The topological polar surface area (TPSA) is 55.1 Å². The largest absolute Gasteiger partial charge is 0.353 e. The molecule has 110 valence electrons. The van der Waals surface area contributed by atoms with Gasteiger partial charge in [-0.15, -0.1) is 0 Å². The Kier molecular flexibility index (Phi) is 5.18. The maximum absolute atomic E-state index is 12.3.